The van der Waals surface area contributed by atoms with Crippen molar-refractivity contribution < 1.29 is 4.79 Å². The van der Waals surface area contributed by atoms with Gasteiger partial charge in [0.1, 0.15) is 0 Å². The molecule has 0 aliphatic heterocycles. The maximum atomic E-state index is 11.1. The molecule has 0 spiro atoms. The van der Waals surface area contributed by atoms with Gasteiger partial charge in [-0.05, 0) is 6.07 Å². The molecule has 2 aromatic heterocycles. The number of imidazole rings is 1. The summed E-state index contributed by atoms with van der Waals surface area (Å²) >= 11 is 0. The smallest absolute Gasteiger partial charge is 0.252 e. The number of rotatable bonds is 2. The first-order chi connectivity index (χ1) is 6.79. The molecule has 0 aliphatic carbocycles. The van der Waals surface area contributed by atoms with Gasteiger partial charge in [0, 0.05) is 24.8 Å². The van der Waals surface area contributed by atoms with Gasteiger partial charge >= 0.3 is 0 Å². The van der Waals surface area contributed by atoms with Crippen molar-refractivity contribution in [1.82, 2.24) is 14.5 Å². The normalized spacial score (nSPS) is 10.0. The summed E-state index contributed by atoms with van der Waals surface area (Å²) in [6.45, 7) is 0. The standard InChI is InChI=1S/C9H8N4O/c10-9(14)7-5-11-2-1-8(7)13-4-3-12-6-13/h1-6H,(H2,10,14). The third-order valence-corrected chi connectivity index (χ3v) is 1.85. The number of carbonyl (C=O) groups is 1. The molecule has 0 saturated carbocycles. The van der Waals surface area contributed by atoms with E-state index in [-0.39, 0.29) is 0 Å². The van der Waals surface area contributed by atoms with Gasteiger partial charge in [-0.2, -0.15) is 0 Å². The van der Waals surface area contributed by atoms with Crippen molar-refractivity contribution in [3.63, 3.8) is 0 Å². The van der Waals surface area contributed by atoms with Crippen molar-refractivity contribution >= 4 is 5.91 Å². The van der Waals surface area contributed by atoms with Crippen LogP contribution in [0.3, 0.4) is 0 Å². The second-order valence-corrected chi connectivity index (χ2v) is 2.73. The van der Waals surface area contributed by atoms with E-state index >= 15 is 0 Å². The zero-order chi connectivity index (χ0) is 9.97. The maximum Gasteiger partial charge on any atom is 0.252 e. The molecule has 0 aromatic carbocycles. The Morgan fingerprint density at radius 1 is 1.36 bits per heavy atom. The Bertz CT molecular complexity index is 450. The van der Waals surface area contributed by atoms with Crippen LogP contribution in [0.25, 0.3) is 5.69 Å². The van der Waals surface area contributed by atoms with Crippen LogP contribution in [0.1, 0.15) is 10.4 Å². The first-order valence-corrected chi connectivity index (χ1v) is 4.01. The van der Waals surface area contributed by atoms with Crippen molar-refractivity contribution in [2.75, 3.05) is 0 Å². The lowest BCUT2D eigenvalue weighted by molar-refractivity contribution is 0.1000. The Kier molecular flexibility index (Phi) is 1.98. The lowest BCUT2D eigenvalue weighted by atomic mass is 10.2. The van der Waals surface area contributed by atoms with Crippen LogP contribution in [-0.2, 0) is 0 Å². The number of nitrogens with two attached hydrogens (primary N) is 1. The number of hydrogen-bond donors (Lipinski definition) is 1. The van der Waals surface area contributed by atoms with Crippen LogP contribution in [0, 0.1) is 0 Å². The highest BCUT2D eigenvalue weighted by Gasteiger charge is 2.08. The fourth-order valence-corrected chi connectivity index (χ4v) is 1.20. The second kappa shape index (κ2) is 3.29. The third-order valence-electron chi connectivity index (χ3n) is 1.85. The fourth-order valence-electron chi connectivity index (χ4n) is 1.20. The molecule has 2 aromatic rings. The summed E-state index contributed by atoms with van der Waals surface area (Å²) in [7, 11) is 0. The first-order valence-electron chi connectivity index (χ1n) is 4.01. The molecular formula is C9H8N4O. The van der Waals surface area contributed by atoms with Crippen LogP contribution in [0.4, 0.5) is 0 Å². The number of carbonyl (C=O) groups excluding carboxylic acids is 1. The predicted octanol–water partition coefficient (Wildman–Crippen LogP) is 0.366. The Balaban J connectivity index is 2.58. The average Bonchev–Trinajstić information content (AvgIpc) is 2.70. The van der Waals surface area contributed by atoms with Crippen LogP contribution >= 0.6 is 0 Å². The number of primary amides is 1. The van der Waals surface area contributed by atoms with Crippen molar-refractivity contribution in [2.45, 2.75) is 0 Å². The minimum Gasteiger partial charge on any atom is -0.365 e. The molecule has 70 valence electrons. The molecule has 0 bridgehead atoms. The molecule has 14 heavy (non-hydrogen) atoms. The fraction of sp³-hybridized carbons (Fsp3) is 0. The SMILES string of the molecule is NC(=O)c1cnccc1-n1ccnc1. The molecule has 0 aliphatic rings. The molecular weight excluding hydrogens is 180 g/mol. The van der Waals surface area contributed by atoms with Gasteiger partial charge in [-0.15, -0.1) is 0 Å². The van der Waals surface area contributed by atoms with Crippen LogP contribution in [0.2, 0.25) is 0 Å². The summed E-state index contributed by atoms with van der Waals surface area (Å²) in [5, 5.41) is 0. The zero-order valence-electron chi connectivity index (χ0n) is 7.29. The molecule has 2 heterocycles. The van der Waals surface area contributed by atoms with Gasteiger partial charge in [0.05, 0.1) is 17.6 Å². The van der Waals surface area contributed by atoms with Gasteiger partial charge in [0.15, 0.2) is 0 Å². The summed E-state index contributed by atoms with van der Waals surface area (Å²) in [5.41, 5.74) is 6.27. The largest absolute Gasteiger partial charge is 0.365 e. The van der Waals surface area contributed by atoms with E-state index in [9.17, 15) is 4.79 Å². The van der Waals surface area contributed by atoms with Gasteiger partial charge in [-0.3, -0.25) is 9.78 Å². The number of hydrogen-bond acceptors (Lipinski definition) is 3. The van der Waals surface area contributed by atoms with Gasteiger partial charge in [-0.25, -0.2) is 4.98 Å². The monoisotopic (exact) mass is 188 g/mol. The van der Waals surface area contributed by atoms with E-state index in [1.807, 2.05) is 0 Å². The summed E-state index contributed by atoms with van der Waals surface area (Å²) < 4.78 is 1.71. The van der Waals surface area contributed by atoms with Gasteiger partial charge in [-0.1, -0.05) is 0 Å². The van der Waals surface area contributed by atoms with Crippen molar-refractivity contribution in [2.24, 2.45) is 5.73 Å². The third kappa shape index (κ3) is 1.35. The molecule has 0 radical (unpaired) electrons. The van der Waals surface area contributed by atoms with E-state index in [4.69, 9.17) is 5.73 Å². The molecule has 1 amide bonds. The molecule has 2 N–H and O–H groups in total. The van der Waals surface area contributed by atoms with E-state index < -0.39 is 5.91 Å². The van der Waals surface area contributed by atoms with E-state index in [1.165, 1.54) is 6.20 Å². The van der Waals surface area contributed by atoms with Crippen molar-refractivity contribution in [1.29, 1.82) is 0 Å². The molecule has 5 nitrogen and oxygen atoms in total. The highest BCUT2D eigenvalue weighted by molar-refractivity contribution is 5.96. The van der Waals surface area contributed by atoms with Crippen molar-refractivity contribution in [3.05, 3.63) is 42.7 Å². The Hall–Kier alpha value is -2.17. The zero-order valence-corrected chi connectivity index (χ0v) is 7.29. The number of pyridine rings is 1. The van der Waals surface area contributed by atoms with Gasteiger partial charge < -0.3 is 10.3 Å². The van der Waals surface area contributed by atoms with Crippen LogP contribution in [0.5, 0.6) is 0 Å². The van der Waals surface area contributed by atoms with E-state index in [0.717, 1.165) is 0 Å². The first kappa shape index (κ1) is 8.43. The Morgan fingerprint density at radius 3 is 2.86 bits per heavy atom. The summed E-state index contributed by atoms with van der Waals surface area (Å²) in [6.07, 6.45) is 8.01. The topological polar surface area (TPSA) is 73.8 Å². The minimum absolute atomic E-state index is 0.380. The predicted molar refractivity (Wildman–Crippen MR) is 49.9 cm³/mol. The molecule has 0 fully saturated rings. The van der Waals surface area contributed by atoms with Crippen molar-refractivity contribution in [3.8, 4) is 5.69 Å². The van der Waals surface area contributed by atoms with Crippen LogP contribution in [0.15, 0.2) is 37.2 Å². The highest BCUT2D eigenvalue weighted by atomic mass is 16.1. The van der Waals surface area contributed by atoms with E-state index in [0.29, 0.717) is 11.3 Å². The molecule has 0 saturated heterocycles. The summed E-state index contributed by atoms with van der Waals surface area (Å²) in [5.74, 6) is -0.498. The van der Waals surface area contributed by atoms with Crippen LogP contribution < -0.4 is 5.73 Å². The Labute approximate surface area is 80.2 Å². The summed E-state index contributed by atoms with van der Waals surface area (Å²) in [6, 6.07) is 1.71. The minimum atomic E-state index is -0.498. The second-order valence-electron chi connectivity index (χ2n) is 2.73. The van der Waals surface area contributed by atoms with E-state index in [2.05, 4.69) is 9.97 Å². The maximum absolute atomic E-state index is 11.1. The molecule has 0 atom stereocenters. The molecule has 5 heteroatoms. The lowest BCUT2D eigenvalue weighted by Gasteiger charge is -2.05. The number of aromatic nitrogens is 3. The number of amides is 1. The van der Waals surface area contributed by atoms with E-state index in [1.54, 1.807) is 35.6 Å². The lowest BCUT2D eigenvalue weighted by Crippen LogP contribution is -2.14. The summed E-state index contributed by atoms with van der Waals surface area (Å²) in [4.78, 5) is 18.8. The van der Waals surface area contributed by atoms with Gasteiger partial charge in [0.2, 0.25) is 0 Å². The Morgan fingerprint density at radius 2 is 2.21 bits per heavy atom. The van der Waals surface area contributed by atoms with Crippen LogP contribution in [-0.4, -0.2) is 20.4 Å². The molecule has 2 rings (SSSR count). The highest BCUT2D eigenvalue weighted by Crippen LogP contribution is 2.11. The van der Waals surface area contributed by atoms with Gasteiger partial charge in [0.25, 0.3) is 5.91 Å². The quantitative estimate of drug-likeness (QED) is 0.739. The average molecular weight is 188 g/mol. The number of nitrogens with zero attached hydrogens (tertiary/aromatic N) is 3. The molecule has 0 unspecified atom stereocenters.